The van der Waals surface area contributed by atoms with Gasteiger partial charge in [-0.2, -0.15) is 0 Å². The average molecular weight is 509 g/mol. The number of likely N-dealkylation sites (N-methyl/N-ethyl adjacent to an activating group) is 1. The van der Waals surface area contributed by atoms with Gasteiger partial charge in [-0.25, -0.2) is 9.37 Å². The van der Waals surface area contributed by atoms with E-state index in [1.54, 1.807) is 47.6 Å². The van der Waals surface area contributed by atoms with Gasteiger partial charge < -0.3 is 19.7 Å². The maximum absolute atomic E-state index is 14.3. The van der Waals surface area contributed by atoms with E-state index in [2.05, 4.69) is 5.32 Å². The van der Waals surface area contributed by atoms with Gasteiger partial charge in [-0.1, -0.05) is 29.8 Å². The lowest BCUT2D eigenvalue weighted by atomic mass is 10.0. The molecular weight excluding hydrogens is 483 g/mol. The highest BCUT2D eigenvalue weighted by atomic mass is 35.5. The lowest BCUT2D eigenvalue weighted by Gasteiger charge is -2.28. The largest absolute Gasteiger partial charge is 0.489 e. The number of hydrogen-bond donors (Lipinski definition) is 1. The summed E-state index contributed by atoms with van der Waals surface area (Å²) in [6.45, 7) is 2.97. The topological polar surface area (TPSA) is 68.1 Å². The van der Waals surface area contributed by atoms with Crippen molar-refractivity contribution in [2.75, 3.05) is 33.9 Å². The van der Waals surface area contributed by atoms with E-state index in [0.29, 0.717) is 52.2 Å². The summed E-state index contributed by atoms with van der Waals surface area (Å²) in [6.07, 6.45) is 0. The van der Waals surface area contributed by atoms with Crippen molar-refractivity contribution in [2.45, 2.75) is 13.0 Å². The number of halogens is 2. The van der Waals surface area contributed by atoms with Crippen LogP contribution in [0.3, 0.4) is 0 Å². The second-order valence-electron chi connectivity index (χ2n) is 8.62. The fourth-order valence-electron chi connectivity index (χ4n) is 4.65. The van der Waals surface area contributed by atoms with Crippen LogP contribution in [0.1, 0.15) is 27.7 Å². The Balaban J connectivity index is 1.69. The Labute approximate surface area is 213 Å². The van der Waals surface area contributed by atoms with E-state index in [4.69, 9.17) is 26.1 Å². The lowest BCUT2D eigenvalue weighted by Crippen LogP contribution is -2.40. The van der Waals surface area contributed by atoms with Crippen molar-refractivity contribution in [2.24, 2.45) is 0 Å². The standard InChI is InChI=1S/C27H26ClFN4O3/c1-16-14-17(10-11-20(16)29)25-24(31-22-8-5-9-23(35-3)33(22)25)27(34)32(13-12-30-2)21-15-36-26-18(21)6-4-7-19(26)28/h4-11,14,21,30H,12-13,15H2,1-3H3. The number of amides is 1. The number of benzene rings is 2. The van der Waals surface area contributed by atoms with Gasteiger partial charge in [0, 0.05) is 24.2 Å². The van der Waals surface area contributed by atoms with Crippen LogP contribution in [-0.4, -0.2) is 54.0 Å². The number of rotatable bonds is 7. The van der Waals surface area contributed by atoms with E-state index in [9.17, 15) is 9.18 Å². The molecule has 0 spiro atoms. The van der Waals surface area contributed by atoms with Gasteiger partial charge in [0.15, 0.2) is 11.6 Å². The number of ether oxygens (including phenoxy) is 2. The molecule has 2 aromatic heterocycles. The predicted octanol–water partition coefficient (Wildman–Crippen LogP) is 4.91. The van der Waals surface area contributed by atoms with Crippen LogP contribution in [0, 0.1) is 12.7 Å². The molecule has 3 heterocycles. The minimum atomic E-state index is -0.339. The molecular formula is C27H26ClFN4O3. The number of pyridine rings is 1. The fraction of sp³-hybridized carbons (Fsp3) is 0.259. The average Bonchev–Trinajstić information content (AvgIpc) is 3.49. The van der Waals surface area contributed by atoms with E-state index < -0.39 is 0 Å². The minimum absolute atomic E-state index is 0.247. The molecule has 0 saturated carbocycles. The molecule has 0 aliphatic carbocycles. The summed E-state index contributed by atoms with van der Waals surface area (Å²) in [5.41, 5.74) is 3.32. The highest BCUT2D eigenvalue weighted by Gasteiger charge is 2.36. The Bertz CT molecular complexity index is 1450. The first-order valence-electron chi connectivity index (χ1n) is 11.6. The number of carbonyl (C=O) groups excluding carboxylic acids is 1. The number of methoxy groups -OCH3 is 1. The molecule has 1 unspecified atom stereocenters. The SMILES string of the molecule is CNCCN(C(=O)c1nc2cccc(OC)n2c1-c1ccc(F)c(C)c1)C1COc2c(Cl)cccc21. The first-order chi connectivity index (χ1) is 17.4. The molecule has 9 heteroatoms. The summed E-state index contributed by atoms with van der Waals surface area (Å²) < 4.78 is 27.4. The molecule has 0 saturated heterocycles. The van der Waals surface area contributed by atoms with Crippen molar-refractivity contribution in [3.8, 4) is 22.9 Å². The van der Waals surface area contributed by atoms with Crippen LogP contribution in [-0.2, 0) is 0 Å². The molecule has 0 fully saturated rings. The summed E-state index contributed by atoms with van der Waals surface area (Å²) in [5, 5.41) is 3.63. The number of fused-ring (bicyclic) bond motifs is 2. The molecule has 1 atom stereocenters. The van der Waals surface area contributed by atoms with Crippen molar-refractivity contribution in [3.05, 3.63) is 82.3 Å². The Morgan fingerprint density at radius 2 is 2.08 bits per heavy atom. The molecule has 36 heavy (non-hydrogen) atoms. The molecule has 1 N–H and O–H groups in total. The molecule has 1 aliphatic heterocycles. The molecule has 0 bridgehead atoms. The number of nitrogens with one attached hydrogen (secondary N) is 1. The van der Waals surface area contributed by atoms with Gasteiger partial charge in [0.05, 0.1) is 23.9 Å². The lowest BCUT2D eigenvalue weighted by molar-refractivity contribution is 0.0648. The maximum atomic E-state index is 14.3. The number of para-hydroxylation sites is 1. The predicted molar refractivity (Wildman–Crippen MR) is 137 cm³/mol. The monoisotopic (exact) mass is 508 g/mol. The molecule has 2 aromatic carbocycles. The van der Waals surface area contributed by atoms with E-state index in [1.165, 1.54) is 6.07 Å². The van der Waals surface area contributed by atoms with E-state index in [0.717, 1.165) is 5.56 Å². The molecule has 4 aromatic rings. The highest BCUT2D eigenvalue weighted by Crippen LogP contribution is 2.42. The Hall–Kier alpha value is -3.62. The summed E-state index contributed by atoms with van der Waals surface area (Å²) in [4.78, 5) is 20.8. The van der Waals surface area contributed by atoms with E-state index in [1.807, 2.05) is 31.3 Å². The smallest absolute Gasteiger partial charge is 0.275 e. The van der Waals surface area contributed by atoms with Crippen LogP contribution in [0.25, 0.3) is 16.9 Å². The molecule has 1 aliphatic rings. The number of aryl methyl sites for hydroxylation is 1. The molecule has 186 valence electrons. The van der Waals surface area contributed by atoms with E-state index in [-0.39, 0.29) is 30.1 Å². The van der Waals surface area contributed by atoms with Crippen LogP contribution >= 0.6 is 11.6 Å². The minimum Gasteiger partial charge on any atom is -0.489 e. The molecule has 1 amide bonds. The Morgan fingerprint density at radius 3 is 2.83 bits per heavy atom. The first kappa shape index (κ1) is 24.1. The van der Waals surface area contributed by atoms with Gasteiger partial charge >= 0.3 is 0 Å². The fourth-order valence-corrected chi connectivity index (χ4v) is 4.88. The van der Waals surface area contributed by atoms with Crippen molar-refractivity contribution in [1.82, 2.24) is 19.6 Å². The van der Waals surface area contributed by atoms with Crippen LogP contribution in [0.4, 0.5) is 4.39 Å². The Kier molecular flexibility index (Phi) is 6.55. The first-order valence-corrected chi connectivity index (χ1v) is 12.0. The van der Waals surface area contributed by atoms with Crippen molar-refractivity contribution in [3.63, 3.8) is 0 Å². The quantitative estimate of drug-likeness (QED) is 0.384. The highest BCUT2D eigenvalue weighted by molar-refractivity contribution is 6.32. The van der Waals surface area contributed by atoms with Crippen LogP contribution in [0.5, 0.6) is 11.6 Å². The van der Waals surface area contributed by atoms with Crippen molar-refractivity contribution in [1.29, 1.82) is 0 Å². The molecule has 5 rings (SSSR count). The molecule has 0 radical (unpaired) electrons. The zero-order chi connectivity index (χ0) is 25.4. The van der Waals surface area contributed by atoms with Crippen LogP contribution in [0.2, 0.25) is 5.02 Å². The van der Waals surface area contributed by atoms with Crippen LogP contribution < -0.4 is 14.8 Å². The zero-order valence-corrected chi connectivity index (χ0v) is 21.0. The summed E-state index contributed by atoms with van der Waals surface area (Å²) in [6, 6.07) is 15.4. The number of imidazole rings is 1. The number of hydrogen-bond acceptors (Lipinski definition) is 5. The molecule has 7 nitrogen and oxygen atoms in total. The second kappa shape index (κ2) is 9.79. The van der Waals surface area contributed by atoms with Gasteiger partial charge in [-0.05, 0) is 55.9 Å². The van der Waals surface area contributed by atoms with Crippen LogP contribution in [0.15, 0.2) is 54.6 Å². The Morgan fingerprint density at radius 1 is 1.28 bits per heavy atom. The van der Waals surface area contributed by atoms with Gasteiger partial charge in [0.1, 0.15) is 23.8 Å². The zero-order valence-electron chi connectivity index (χ0n) is 20.2. The number of nitrogens with zero attached hydrogens (tertiary/aromatic N) is 3. The third-order valence-corrected chi connectivity index (χ3v) is 6.73. The second-order valence-corrected chi connectivity index (χ2v) is 9.03. The van der Waals surface area contributed by atoms with E-state index >= 15 is 0 Å². The van der Waals surface area contributed by atoms with Gasteiger partial charge in [0.25, 0.3) is 5.91 Å². The van der Waals surface area contributed by atoms with Gasteiger partial charge in [-0.3, -0.25) is 9.20 Å². The number of carbonyl (C=O) groups is 1. The van der Waals surface area contributed by atoms with Crippen molar-refractivity contribution >= 4 is 23.2 Å². The normalized spacial score (nSPS) is 14.5. The summed E-state index contributed by atoms with van der Waals surface area (Å²) in [7, 11) is 3.40. The third-order valence-electron chi connectivity index (χ3n) is 6.43. The maximum Gasteiger partial charge on any atom is 0.275 e. The summed E-state index contributed by atoms with van der Waals surface area (Å²) >= 11 is 6.36. The number of aromatic nitrogens is 2. The summed E-state index contributed by atoms with van der Waals surface area (Å²) in [5.74, 6) is 0.519. The third kappa shape index (κ3) is 4.06. The van der Waals surface area contributed by atoms with Gasteiger partial charge in [0.2, 0.25) is 0 Å². The van der Waals surface area contributed by atoms with Gasteiger partial charge in [-0.15, -0.1) is 0 Å². The van der Waals surface area contributed by atoms with Crippen molar-refractivity contribution < 1.29 is 18.7 Å².